The topological polar surface area (TPSA) is 33.0 Å². The van der Waals surface area contributed by atoms with Crippen LogP contribution in [0.3, 0.4) is 0 Å². The molecule has 0 radical (unpaired) electrons. The number of nitriles is 1. The summed E-state index contributed by atoms with van der Waals surface area (Å²) in [6.07, 6.45) is -5.36. The first-order chi connectivity index (χ1) is 7.92. The normalized spacial score (nSPS) is 11.2. The maximum absolute atomic E-state index is 13.2. The van der Waals surface area contributed by atoms with Crippen molar-refractivity contribution >= 4 is 0 Å². The minimum absolute atomic E-state index is 0.0752. The molecule has 0 fully saturated rings. The van der Waals surface area contributed by atoms with Gasteiger partial charge in [-0.25, -0.2) is 4.39 Å². The van der Waals surface area contributed by atoms with Gasteiger partial charge in [0, 0.05) is 5.56 Å². The average Bonchev–Trinajstić information content (AvgIpc) is 2.25. The van der Waals surface area contributed by atoms with Crippen molar-refractivity contribution in [1.82, 2.24) is 0 Å². The summed E-state index contributed by atoms with van der Waals surface area (Å²) in [4.78, 5) is 0. The number of nitrogens with zero attached hydrogens (tertiary/aromatic N) is 1. The molecule has 1 aromatic rings. The summed E-state index contributed by atoms with van der Waals surface area (Å²) in [5.41, 5.74) is 0.312. The van der Waals surface area contributed by atoms with Crippen LogP contribution in [0, 0.1) is 17.1 Å². The van der Waals surface area contributed by atoms with Gasteiger partial charge in [0.15, 0.2) is 0 Å². The zero-order valence-electron chi connectivity index (χ0n) is 8.72. The number of hydrogen-bond donors (Lipinski definition) is 0. The molecule has 1 rings (SSSR count). The number of rotatable bonds is 4. The lowest BCUT2D eigenvalue weighted by Gasteiger charge is -2.08. The Kier molecular flexibility index (Phi) is 4.46. The number of hydrogen-bond acceptors (Lipinski definition) is 2. The van der Waals surface area contributed by atoms with Gasteiger partial charge in [-0.1, -0.05) is 0 Å². The summed E-state index contributed by atoms with van der Waals surface area (Å²) < 4.78 is 53.2. The summed E-state index contributed by atoms with van der Waals surface area (Å²) >= 11 is 0. The van der Waals surface area contributed by atoms with Crippen LogP contribution in [0.25, 0.3) is 0 Å². The van der Waals surface area contributed by atoms with Crippen molar-refractivity contribution in [2.45, 2.75) is 19.2 Å². The summed E-state index contributed by atoms with van der Waals surface area (Å²) in [5.74, 6) is -0.601. The quantitative estimate of drug-likeness (QED) is 0.604. The molecule has 0 atom stereocenters. The average molecular weight is 247 g/mol. The molecule has 0 N–H and O–H groups in total. The zero-order chi connectivity index (χ0) is 12.9. The number of ether oxygens (including phenoxy) is 1. The van der Waals surface area contributed by atoms with Crippen LogP contribution in [-0.2, 0) is 11.3 Å². The van der Waals surface area contributed by atoms with Crippen LogP contribution in [-0.4, -0.2) is 12.8 Å². The van der Waals surface area contributed by atoms with Gasteiger partial charge in [0.05, 0.1) is 31.3 Å². The summed E-state index contributed by atoms with van der Waals surface area (Å²) in [6.45, 7) is -0.808. The minimum Gasteiger partial charge on any atom is -0.376 e. The Labute approximate surface area is 95.4 Å². The molecule has 0 spiro atoms. The smallest absolute Gasteiger partial charge is 0.376 e. The molecule has 92 valence electrons. The first kappa shape index (κ1) is 13.5. The number of alkyl halides is 3. The van der Waals surface area contributed by atoms with E-state index in [1.807, 2.05) is 6.07 Å². The molecule has 0 aliphatic rings. The highest BCUT2D eigenvalue weighted by atomic mass is 19.4. The Morgan fingerprint density at radius 2 is 2.00 bits per heavy atom. The Balaban J connectivity index is 2.49. The second kappa shape index (κ2) is 5.64. The predicted octanol–water partition coefficient (Wildman–Crippen LogP) is 3.17. The van der Waals surface area contributed by atoms with Crippen LogP contribution >= 0.6 is 0 Å². The van der Waals surface area contributed by atoms with Crippen LogP contribution in [0.4, 0.5) is 17.6 Å². The van der Waals surface area contributed by atoms with Crippen molar-refractivity contribution in [2.24, 2.45) is 0 Å². The SMILES string of the molecule is N#Cc1ccc(F)c(COCCC(F)(F)F)c1. The Morgan fingerprint density at radius 3 is 2.59 bits per heavy atom. The van der Waals surface area contributed by atoms with E-state index >= 15 is 0 Å². The third-order valence-electron chi connectivity index (χ3n) is 1.96. The van der Waals surface area contributed by atoms with E-state index in [-0.39, 0.29) is 17.7 Å². The molecule has 1 aromatic carbocycles. The van der Waals surface area contributed by atoms with Gasteiger partial charge in [-0.05, 0) is 18.2 Å². The lowest BCUT2D eigenvalue weighted by atomic mass is 10.1. The van der Waals surface area contributed by atoms with Crippen LogP contribution in [0.1, 0.15) is 17.5 Å². The molecule has 0 unspecified atom stereocenters. The maximum Gasteiger partial charge on any atom is 0.391 e. The van der Waals surface area contributed by atoms with E-state index in [2.05, 4.69) is 0 Å². The van der Waals surface area contributed by atoms with Crippen LogP contribution in [0.2, 0.25) is 0 Å². The molecule has 2 nitrogen and oxygen atoms in total. The molecule has 17 heavy (non-hydrogen) atoms. The molecule has 0 amide bonds. The van der Waals surface area contributed by atoms with Crippen molar-refractivity contribution in [3.63, 3.8) is 0 Å². The maximum atomic E-state index is 13.2. The van der Waals surface area contributed by atoms with Crippen molar-refractivity contribution in [2.75, 3.05) is 6.61 Å². The van der Waals surface area contributed by atoms with Crippen LogP contribution < -0.4 is 0 Å². The van der Waals surface area contributed by atoms with Gasteiger partial charge in [0.25, 0.3) is 0 Å². The fourth-order valence-corrected chi connectivity index (χ4v) is 1.12. The minimum atomic E-state index is -4.28. The highest BCUT2D eigenvalue weighted by molar-refractivity contribution is 5.33. The van der Waals surface area contributed by atoms with Gasteiger partial charge in [0.1, 0.15) is 5.82 Å². The largest absolute Gasteiger partial charge is 0.391 e. The molecule has 0 heterocycles. The van der Waals surface area contributed by atoms with Crippen LogP contribution in [0.5, 0.6) is 0 Å². The molecule has 0 saturated heterocycles. The Morgan fingerprint density at radius 1 is 1.29 bits per heavy atom. The standard InChI is InChI=1S/C11H9F4NO/c12-10-2-1-8(6-16)5-9(10)7-17-4-3-11(13,14)15/h1-2,5H,3-4,7H2. The Bertz CT molecular complexity index is 422. The van der Waals surface area contributed by atoms with E-state index in [1.165, 1.54) is 12.1 Å². The third kappa shape index (κ3) is 4.83. The lowest BCUT2D eigenvalue weighted by Crippen LogP contribution is -2.11. The second-order valence-electron chi connectivity index (χ2n) is 3.34. The van der Waals surface area contributed by atoms with E-state index in [1.54, 1.807) is 0 Å². The molecule has 6 heteroatoms. The lowest BCUT2D eigenvalue weighted by molar-refractivity contribution is -0.146. The molecule has 0 aliphatic heterocycles. The number of halogens is 4. The summed E-state index contributed by atoms with van der Waals surface area (Å²) in [6, 6.07) is 5.43. The molecule has 0 saturated carbocycles. The fraction of sp³-hybridized carbons (Fsp3) is 0.364. The molecule has 0 aromatic heterocycles. The van der Waals surface area contributed by atoms with E-state index in [0.717, 1.165) is 6.07 Å². The number of benzene rings is 1. The predicted molar refractivity (Wildman–Crippen MR) is 51.4 cm³/mol. The molecule has 0 aliphatic carbocycles. The molecule has 0 bridgehead atoms. The van der Waals surface area contributed by atoms with Crippen molar-refractivity contribution in [1.29, 1.82) is 5.26 Å². The third-order valence-corrected chi connectivity index (χ3v) is 1.96. The highest BCUT2D eigenvalue weighted by Gasteiger charge is 2.26. The van der Waals surface area contributed by atoms with Gasteiger partial charge in [-0.3, -0.25) is 0 Å². The van der Waals surface area contributed by atoms with Gasteiger partial charge >= 0.3 is 6.18 Å². The molecular weight excluding hydrogens is 238 g/mol. The fourth-order valence-electron chi connectivity index (χ4n) is 1.12. The second-order valence-corrected chi connectivity index (χ2v) is 3.34. The van der Waals surface area contributed by atoms with Gasteiger partial charge in [0.2, 0.25) is 0 Å². The van der Waals surface area contributed by atoms with Gasteiger partial charge < -0.3 is 4.74 Å². The van der Waals surface area contributed by atoms with E-state index in [4.69, 9.17) is 10.00 Å². The van der Waals surface area contributed by atoms with Crippen LogP contribution in [0.15, 0.2) is 18.2 Å². The van der Waals surface area contributed by atoms with Gasteiger partial charge in [-0.2, -0.15) is 18.4 Å². The summed E-state index contributed by atoms with van der Waals surface area (Å²) in [7, 11) is 0. The van der Waals surface area contributed by atoms with Crippen molar-refractivity contribution in [3.05, 3.63) is 35.1 Å². The van der Waals surface area contributed by atoms with E-state index < -0.39 is 25.0 Å². The summed E-state index contributed by atoms with van der Waals surface area (Å²) in [5, 5.41) is 8.57. The van der Waals surface area contributed by atoms with E-state index in [0.29, 0.717) is 0 Å². The first-order valence-corrected chi connectivity index (χ1v) is 4.75. The Hall–Kier alpha value is -1.61. The van der Waals surface area contributed by atoms with E-state index in [9.17, 15) is 17.6 Å². The van der Waals surface area contributed by atoms with Crippen molar-refractivity contribution in [3.8, 4) is 6.07 Å². The first-order valence-electron chi connectivity index (χ1n) is 4.75. The van der Waals surface area contributed by atoms with Crippen molar-refractivity contribution < 1.29 is 22.3 Å². The zero-order valence-corrected chi connectivity index (χ0v) is 8.72. The molecular formula is C11H9F4NO. The van der Waals surface area contributed by atoms with Gasteiger partial charge in [-0.15, -0.1) is 0 Å². The monoisotopic (exact) mass is 247 g/mol. The highest BCUT2D eigenvalue weighted by Crippen LogP contribution is 2.19.